The highest BCUT2D eigenvalue weighted by molar-refractivity contribution is 6.24. The molecule has 8 heteroatoms. The number of rotatable bonds is 7. The van der Waals surface area contributed by atoms with Crippen molar-refractivity contribution < 1.29 is 9.72 Å². The maximum absolute atomic E-state index is 12.8. The molecule has 0 radical (unpaired) electrons. The van der Waals surface area contributed by atoms with Crippen molar-refractivity contribution in [3.05, 3.63) is 64.5 Å². The van der Waals surface area contributed by atoms with Crippen LogP contribution < -0.4 is 5.01 Å². The van der Waals surface area contributed by atoms with Crippen LogP contribution in [0.15, 0.2) is 58.9 Å². The molecule has 0 saturated carbocycles. The second-order valence-corrected chi connectivity index (χ2v) is 6.09. The number of anilines is 1. The number of hydrazone groups is 1. The molecule has 0 spiro atoms. The topological polar surface area (TPSA) is 101 Å². The molecule has 1 amide bonds. The van der Waals surface area contributed by atoms with Crippen molar-refractivity contribution in [3.63, 3.8) is 0 Å². The number of aliphatic imine (C=N–C) groups is 1. The molecule has 0 bridgehead atoms. The van der Waals surface area contributed by atoms with Gasteiger partial charge in [0.2, 0.25) is 0 Å². The summed E-state index contributed by atoms with van der Waals surface area (Å²) in [7, 11) is 0. The van der Waals surface area contributed by atoms with Gasteiger partial charge in [-0.1, -0.05) is 13.3 Å². The van der Waals surface area contributed by atoms with Gasteiger partial charge in [0.25, 0.3) is 11.6 Å². The Morgan fingerprint density at radius 3 is 2.56 bits per heavy atom. The van der Waals surface area contributed by atoms with Crippen LogP contribution in [0.25, 0.3) is 0 Å². The zero-order valence-corrected chi connectivity index (χ0v) is 14.9. The van der Waals surface area contributed by atoms with Crippen LogP contribution in [-0.2, 0) is 11.3 Å². The van der Waals surface area contributed by atoms with Gasteiger partial charge in [0.05, 0.1) is 22.9 Å². The predicted octanol–water partition coefficient (Wildman–Crippen LogP) is 3.38. The zero-order valence-electron chi connectivity index (χ0n) is 14.9. The van der Waals surface area contributed by atoms with Gasteiger partial charge in [-0.15, -0.1) is 0 Å². The number of nitrogens with zero attached hydrogens (tertiary/aromatic N) is 5. The molecule has 0 aliphatic carbocycles. The van der Waals surface area contributed by atoms with Crippen molar-refractivity contribution in [2.75, 3.05) is 5.01 Å². The number of nitro groups is 1. The second-order valence-electron chi connectivity index (χ2n) is 6.09. The molecule has 2 heterocycles. The number of nitro benzene ring substituents is 1. The van der Waals surface area contributed by atoms with Crippen LogP contribution in [0.3, 0.4) is 0 Å². The van der Waals surface area contributed by atoms with Gasteiger partial charge < -0.3 is 0 Å². The number of aromatic nitrogens is 1. The van der Waals surface area contributed by atoms with E-state index in [1.807, 2.05) is 19.1 Å². The molecule has 0 N–H and O–H groups in total. The lowest BCUT2D eigenvalue weighted by Gasteiger charge is -2.12. The van der Waals surface area contributed by atoms with E-state index in [-0.39, 0.29) is 11.6 Å². The van der Waals surface area contributed by atoms with Crippen LogP contribution in [-0.4, -0.2) is 27.7 Å². The predicted molar refractivity (Wildman–Crippen MR) is 103 cm³/mol. The van der Waals surface area contributed by atoms with Crippen molar-refractivity contribution in [2.24, 2.45) is 16.0 Å². The van der Waals surface area contributed by atoms with E-state index < -0.39 is 10.8 Å². The van der Waals surface area contributed by atoms with Crippen LogP contribution >= 0.6 is 0 Å². The third kappa shape index (κ3) is 4.22. The molecule has 1 aromatic heterocycles. The summed E-state index contributed by atoms with van der Waals surface area (Å²) >= 11 is 0. The molecule has 0 saturated heterocycles. The van der Waals surface area contributed by atoms with Gasteiger partial charge in [0.1, 0.15) is 5.92 Å². The van der Waals surface area contributed by atoms with Gasteiger partial charge in [0.15, 0.2) is 0 Å². The fraction of sp³-hybridized carbons (Fsp3) is 0.263. The lowest BCUT2D eigenvalue weighted by Crippen LogP contribution is -2.28. The van der Waals surface area contributed by atoms with E-state index in [1.54, 1.807) is 18.6 Å². The van der Waals surface area contributed by atoms with Crippen LogP contribution in [0.4, 0.5) is 11.4 Å². The quantitative estimate of drug-likeness (QED) is 0.426. The first-order valence-corrected chi connectivity index (χ1v) is 8.64. The lowest BCUT2D eigenvalue weighted by atomic mass is 10.0. The largest absolute Gasteiger partial charge is 0.292 e. The highest BCUT2D eigenvalue weighted by atomic mass is 16.6. The molecule has 2 aromatic rings. The minimum atomic E-state index is -0.512. The van der Waals surface area contributed by atoms with E-state index in [9.17, 15) is 14.9 Å². The summed E-state index contributed by atoms with van der Waals surface area (Å²) in [5, 5.41) is 16.5. The fourth-order valence-corrected chi connectivity index (χ4v) is 2.78. The number of pyridine rings is 1. The number of non-ortho nitro benzene ring substituents is 1. The maximum atomic E-state index is 12.8. The monoisotopic (exact) mass is 365 g/mol. The molecule has 1 atom stereocenters. The summed E-state index contributed by atoms with van der Waals surface area (Å²) in [5.74, 6) is -0.715. The van der Waals surface area contributed by atoms with E-state index in [4.69, 9.17) is 0 Å². The highest BCUT2D eigenvalue weighted by Crippen LogP contribution is 2.26. The van der Waals surface area contributed by atoms with Gasteiger partial charge in [-0.3, -0.25) is 24.9 Å². The average Bonchev–Trinajstić information content (AvgIpc) is 2.99. The Labute approximate surface area is 156 Å². The van der Waals surface area contributed by atoms with E-state index in [0.29, 0.717) is 18.7 Å². The Hall–Kier alpha value is -3.42. The number of benzene rings is 1. The first-order valence-electron chi connectivity index (χ1n) is 8.64. The molecular formula is C19H19N5O3. The summed E-state index contributed by atoms with van der Waals surface area (Å²) in [6.45, 7) is 2.48. The Morgan fingerprint density at radius 1 is 1.22 bits per heavy atom. The van der Waals surface area contributed by atoms with Crippen molar-refractivity contribution in [1.82, 2.24) is 4.98 Å². The molecule has 0 fully saturated rings. The highest BCUT2D eigenvalue weighted by Gasteiger charge is 2.35. The normalized spacial score (nSPS) is 16.8. The SMILES string of the molecule is CCCC1=NN(c2ccc([N+](=O)[O-])cc2)C(=O)[C@@H]1C=NCc1ccncc1. The van der Waals surface area contributed by atoms with Crippen LogP contribution in [0.5, 0.6) is 0 Å². The number of hydrogen-bond acceptors (Lipinski definition) is 6. The minimum Gasteiger partial charge on any atom is -0.292 e. The van der Waals surface area contributed by atoms with Crippen LogP contribution in [0.1, 0.15) is 25.3 Å². The molecule has 1 aliphatic rings. The van der Waals surface area contributed by atoms with Gasteiger partial charge >= 0.3 is 0 Å². The molecule has 138 valence electrons. The summed E-state index contributed by atoms with van der Waals surface area (Å²) < 4.78 is 0. The molecule has 27 heavy (non-hydrogen) atoms. The van der Waals surface area contributed by atoms with E-state index in [2.05, 4.69) is 15.1 Å². The molecular weight excluding hydrogens is 346 g/mol. The molecule has 0 unspecified atom stereocenters. The Bertz CT molecular complexity index is 878. The minimum absolute atomic E-state index is 0.0291. The van der Waals surface area contributed by atoms with Gasteiger partial charge in [-0.05, 0) is 36.2 Å². The first kappa shape index (κ1) is 18.4. The fourth-order valence-electron chi connectivity index (χ4n) is 2.78. The van der Waals surface area contributed by atoms with Crippen molar-refractivity contribution in [3.8, 4) is 0 Å². The van der Waals surface area contributed by atoms with Crippen LogP contribution in [0.2, 0.25) is 0 Å². The number of hydrogen-bond donors (Lipinski definition) is 0. The summed E-state index contributed by atoms with van der Waals surface area (Å²) in [6.07, 6.45) is 6.58. The van der Waals surface area contributed by atoms with Crippen LogP contribution in [0, 0.1) is 16.0 Å². The second kappa shape index (κ2) is 8.31. The summed E-state index contributed by atoms with van der Waals surface area (Å²) in [6, 6.07) is 9.53. The lowest BCUT2D eigenvalue weighted by molar-refractivity contribution is -0.384. The van der Waals surface area contributed by atoms with Gasteiger partial charge in [-0.2, -0.15) is 10.1 Å². The Balaban J connectivity index is 1.78. The molecule has 3 rings (SSSR count). The smallest absolute Gasteiger partial charge is 0.269 e. The molecule has 1 aromatic carbocycles. The average molecular weight is 365 g/mol. The van der Waals surface area contributed by atoms with E-state index >= 15 is 0 Å². The zero-order chi connectivity index (χ0) is 19.2. The van der Waals surface area contributed by atoms with Gasteiger partial charge in [-0.25, -0.2) is 0 Å². The molecule has 1 aliphatic heterocycles. The van der Waals surface area contributed by atoms with Crippen molar-refractivity contribution in [1.29, 1.82) is 0 Å². The molecule has 8 nitrogen and oxygen atoms in total. The van der Waals surface area contributed by atoms with Crippen molar-refractivity contribution >= 4 is 29.2 Å². The standard InChI is InChI=1S/C19H19N5O3/c1-2-3-18-17(13-21-12-14-8-10-20-11-9-14)19(25)23(22-18)15-4-6-16(7-5-15)24(26)27/h4-11,13,17H,2-3,12H2,1H3/t17-/m1/s1. The number of carbonyl (C=O) groups excluding carboxylic acids is 1. The van der Waals surface area contributed by atoms with E-state index in [1.165, 1.54) is 29.3 Å². The third-order valence-electron chi connectivity index (χ3n) is 4.15. The van der Waals surface area contributed by atoms with E-state index in [0.717, 1.165) is 17.7 Å². The van der Waals surface area contributed by atoms with Crippen molar-refractivity contribution in [2.45, 2.75) is 26.3 Å². The Kier molecular flexibility index (Phi) is 5.65. The number of amides is 1. The summed E-state index contributed by atoms with van der Waals surface area (Å²) in [5.41, 5.74) is 2.23. The summed E-state index contributed by atoms with van der Waals surface area (Å²) in [4.78, 5) is 31.5. The number of carbonyl (C=O) groups is 1. The first-order chi connectivity index (χ1) is 13.1. The Morgan fingerprint density at radius 2 is 1.93 bits per heavy atom. The maximum Gasteiger partial charge on any atom is 0.269 e. The third-order valence-corrected chi connectivity index (χ3v) is 4.15. The van der Waals surface area contributed by atoms with Gasteiger partial charge in [0, 0.05) is 30.7 Å².